The summed E-state index contributed by atoms with van der Waals surface area (Å²) in [5, 5.41) is 28.2. The first-order valence-corrected chi connectivity index (χ1v) is 10.5. The van der Waals surface area contributed by atoms with Crippen molar-refractivity contribution >= 4 is 17.3 Å². The molecule has 1 aliphatic heterocycles. The number of hydrogen-bond donors (Lipinski definition) is 3. The number of anilines is 1. The highest BCUT2D eigenvalue weighted by Crippen LogP contribution is 2.39. The molecule has 0 saturated heterocycles. The van der Waals surface area contributed by atoms with E-state index in [1.54, 1.807) is 0 Å². The lowest BCUT2D eigenvalue weighted by molar-refractivity contribution is 0.315. The molecule has 8 heteroatoms. The Morgan fingerprint density at radius 3 is 2.47 bits per heavy atom. The van der Waals surface area contributed by atoms with E-state index in [1.807, 2.05) is 24.3 Å². The summed E-state index contributed by atoms with van der Waals surface area (Å²) in [5.74, 6) is 0.558. The lowest BCUT2D eigenvalue weighted by Crippen LogP contribution is -2.50. The summed E-state index contributed by atoms with van der Waals surface area (Å²) in [6, 6.07) is 16.2. The number of aromatic nitrogens is 4. The second kappa shape index (κ2) is 8.45. The molecule has 0 amide bonds. The minimum atomic E-state index is -0.380. The third-order valence-corrected chi connectivity index (χ3v) is 5.83. The van der Waals surface area contributed by atoms with Crippen LogP contribution >= 0.6 is 11.6 Å². The number of unbranched alkanes of at least 4 members (excludes halogenated alkanes) is 1. The Morgan fingerprint density at radius 1 is 1.10 bits per heavy atom. The van der Waals surface area contributed by atoms with E-state index in [-0.39, 0.29) is 12.3 Å². The van der Waals surface area contributed by atoms with Crippen molar-refractivity contribution in [3.8, 4) is 22.5 Å². The molecule has 0 saturated carbocycles. The van der Waals surface area contributed by atoms with E-state index >= 15 is 0 Å². The molecule has 1 aliphatic rings. The molecule has 0 fully saturated rings. The number of nitrogens with one attached hydrogen (secondary N) is 2. The van der Waals surface area contributed by atoms with Gasteiger partial charge in [0, 0.05) is 11.3 Å². The van der Waals surface area contributed by atoms with Crippen molar-refractivity contribution in [1.82, 2.24) is 25.9 Å². The number of H-pyrrole nitrogens is 1. The zero-order valence-corrected chi connectivity index (χ0v) is 17.8. The summed E-state index contributed by atoms with van der Waals surface area (Å²) in [5.41, 5.74) is 4.26. The van der Waals surface area contributed by atoms with Crippen LogP contribution in [0.1, 0.15) is 33.1 Å². The van der Waals surface area contributed by atoms with E-state index in [0.717, 1.165) is 41.6 Å². The molecule has 30 heavy (non-hydrogen) atoms. The quantitative estimate of drug-likeness (QED) is 0.491. The maximum absolute atomic E-state index is 9.95. The third-order valence-electron chi connectivity index (χ3n) is 5.51. The largest absolute Gasteiger partial charge is 0.390 e. The van der Waals surface area contributed by atoms with Crippen LogP contribution < -0.4 is 10.2 Å². The highest BCUT2D eigenvalue weighted by Gasteiger charge is 2.40. The van der Waals surface area contributed by atoms with Gasteiger partial charge in [0.05, 0.1) is 12.3 Å². The van der Waals surface area contributed by atoms with Crippen molar-refractivity contribution in [3.63, 3.8) is 0 Å². The first-order valence-electron chi connectivity index (χ1n) is 10.1. The number of nitrogens with zero attached hydrogens (tertiary/aromatic N) is 4. The van der Waals surface area contributed by atoms with Crippen molar-refractivity contribution < 1.29 is 5.11 Å². The van der Waals surface area contributed by atoms with Gasteiger partial charge in [-0.25, -0.2) is 0 Å². The number of rotatable bonds is 7. The summed E-state index contributed by atoms with van der Waals surface area (Å²) in [4.78, 5) is 2.11. The first kappa shape index (κ1) is 20.4. The van der Waals surface area contributed by atoms with Crippen LogP contribution in [0.25, 0.3) is 22.5 Å². The number of aliphatic hydroxyl groups excluding tert-OH is 1. The van der Waals surface area contributed by atoms with E-state index in [1.165, 1.54) is 0 Å². The number of benzene rings is 2. The molecule has 0 bridgehead atoms. The molecule has 3 aromatic rings. The van der Waals surface area contributed by atoms with Crippen LogP contribution in [0.4, 0.5) is 5.69 Å². The Kier molecular flexibility index (Phi) is 5.74. The molecule has 156 valence electrons. The number of hydrogen-bond acceptors (Lipinski definition) is 6. The van der Waals surface area contributed by atoms with E-state index in [9.17, 15) is 5.11 Å². The molecule has 2 heterocycles. The fraction of sp³-hybridized carbons (Fsp3) is 0.318. The maximum Gasteiger partial charge on any atom is 0.205 e. The molecule has 0 spiro atoms. The van der Waals surface area contributed by atoms with Gasteiger partial charge in [0.15, 0.2) is 0 Å². The molecule has 1 unspecified atom stereocenters. The SMILES string of the molecule is CCCCC1(C)NC(Cl)=C(CO)N1c1ccc(-c2ccccc2-c2nn[nH]n2)cc1. The lowest BCUT2D eigenvalue weighted by Gasteiger charge is -2.38. The van der Waals surface area contributed by atoms with Crippen molar-refractivity contribution in [1.29, 1.82) is 0 Å². The summed E-state index contributed by atoms with van der Waals surface area (Å²) in [7, 11) is 0. The van der Waals surface area contributed by atoms with Crippen LogP contribution in [-0.2, 0) is 0 Å². The first-order chi connectivity index (χ1) is 14.6. The van der Waals surface area contributed by atoms with Gasteiger partial charge in [-0.2, -0.15) is 5.21 Å². The second-order valence-corrected chi connectivity index (χ2v) is 7.96. The average Bonchev–Trinajstić information content (AvgIpc) is 3.38. The Labute approximate surface area is 180 Å². The van der Waals surface area contributed by atoms with Gasteiger partial charge in [-0.15, -0.1) is 10.2 Å². The number of aromatic amines is 1. The van der Waals surface area contributed by atoms with Crippen molar-refractivity contribution in [3.05, 3.63) is 59.4 Å². The monoisotopic (exact) mass is 424 g/mol. The topological polar surface area (TPSA) is 90.0 Å². The summed E-state index contributed by atoms with van der Waals surface area (Å²) >= 11 is 6.44. The van der Waals surface area contributed by atoms with E-state index in [2.05, 4.69) is 69.0 Å². The van der Waals surface area contributed by atoms with Gasteiger partial charge in [0.2, 0.25) is 5.82 Å². The van der Waals surface area contributed by atoms with Crippen molar-refractivity contribution in [2.45, 2.75) is 38.8 Å². The predicted molar refractivity (Wildman–Crippen MR) is 119 cm³/mol. The zero-order chi connectivity index (χ0) is 21.1. The number of halogens is 1. The number of aliphatic hydroxyl groups is 1. The highest BCUT2D eigenvalue weighted by atomic mass is 35.5. The molecule has 0 radical (unpaired) electrons. The second-order valence-electron chi connectivity index (χ2n) is 7.58. The molecule has 1 aromatic heterocycles. The Bertz CT molecular complexity index is 1030. The van der Waals surface area contributed by atoms with Crippen molar-refractivity contribution in [2.75, 3.05) is 11.5 Å². The van der Waals surface area contributed by atoms with Gasteiger partial charge in [0.25, 0.3) is 0 Å². The van der Waals surface area contributed by atoms with Gasteiger partial charge in [-0.1, -0.05) is 61.3 Å². The van der Waals surface area contributed by atoms with Crippen LogP contribution in [0.15, 0.2) is 59.4 Å². The molecule has 4 rings (SSSR count). The Morgan fingerprint density at radius 2 is 1.83 bits per heavy atom. The average molecular weight is 425 g/mol. The van der Waals surface area contributed by atoms with E-state index in [4.69, 9.17) is 11.6 Å². The maximum atomic E-state index is 9.95. The highest BCUT2D eigenvalue weighted by molar-refractivity contribution is 6.30. The van der Waals surface area contributed by atoms with Crippen LogP contribution in [-0.4, -0.2) is 38.0 Å². The number of tetrazole rings is 1. The third kappa shape index (κ3) is 3.66. The normalized spacial score (nSPS) is 18.7. The Hall–Kier alpha value is -2.90. The van der Waals surface area contributed by atoms with Gasteiger partial charge < -0.3 is 15.3 Å². The fourth-order valence-corrected chi connectivity index (χ4v) is 4.38. The van der Waals surface area contributed by atoms with E-state index < -0.39 is 0 Å². The lowest BCUT2D eigenvalue weighted by atomic mass is 9.98. The summed E-state index contributed by atoms with van der Waals surface area (Å²) < 4.78 is 0. The van der Waals surface area contributed by atoms with E-state index in [0.29, 0.717) is 16.7 Å². The molecule has 0 aliphatic carbocycles. The molecular formula is C22H25ClN6O. The van der Waals surface area contributed by atoms with Gasteiger partial charge in [0.1, 0.15) is 10.8 Å². The van der Waals surface area contributed by atoms with Gasteiger partial charge in [-0.3, -0.25) is 0 Å². The van der Waals surface area contributed by atoms with Crippen LogP contribution in [0.2, 0.25) is 0 Å². The van der Waals surface area contributed by atoms with Crippen LogP contribution in [0.5, 0.6) is 0 Å². The van der Waals surface area contributed by atoms with Crippen LogP contribution in [0, 0.1) is 0 Å². The zero-order valence-electron chi connectivity index (χ0n) is 17.1. The molecule has 7 nitrogen and oxygen atoms in total. The molecule has 2 aromatic carbocycles. The molecule has 1 atom stereocenters. The van der Waals surface area contributed by atoms with Crippen LogP contribution in [0.3, 0.4) is 0 Å². The van der Waals surface area contributed by atoms with Crippen molar-refractivity contribution in [2.24, 2.45) is 0 Å². The standard InChI is InChI=1S/C22H25ClN6O/c1-3-4-13-22(2)24-20(23)19(14-30)29(22)16-11-9-15(10-12-16)17-7-5-6-8-18(17)21-25-27-28-26-21/h5-12,24,30H,3-4,13-14H2,1-2H3,(H,25,26,27,28). The molecule has 3 N–H and O–H groups in total. The summed E-state index contributed by atoms with van der Waals surface area (Å²) in [6.07, 6.45) is 3.05. The van der Waals surface area contributed by atoms with Gasteiger partial charge in [-0.05, 0) is 48.2 Å². The Balaban J connectivity index is 1.70. The van der Waals surface area contributed by atoms with Gasteiger partial charge >= 0.3 is 0 Å². The fourth-order valence-electron chi connectivity index (χ4n) is 4.03. The summed E-state index contributed by atoms with van der Waals surface area (Å²) in [6.45, 7) is 4.16. The minimum Gasteiger partial charge on any atom is -0.390 e. The minimum absolute atomic E-state index is 0.129. The molecular weight excluding hydrogens is 400 g/mol. The predicted octanol–water partition coefficient (Wildman–Crippen LogP) is 4.25. The smallest absolute Gasteiger partial charge is 0.205 e.